The van der Waals surface area contributed by atoms with Gasteiger partial charge >= 0.3 is 0 Å². The smallest absolute Gasteiger partial charge is 0.280 e. The largest absolute Gasteiger partial charge is 0.478 e. The molecule has 0 aliphatic heterocycles. The summed E-state index contributed by atoms with van der Waals surface area (Å²) in [6.45, 7) is 3.33. The Labute approximate surface area is 153 Å². The summed E-state index contributed by atoms with van der Waals surface area (Å²) in [4.78, 5) is 25.0. The molecule has 7 heteroatoms. The molecule has 0 aliphatic rings. The van der Waals surface area contributed by atoms with Crippen LogP contribution in [0.25, 0.3) is 10.1 Å². The molecule has 0 saturated heterocycles. The number of fused-ring (bicyclic) bond motifs is 1. The van der Waals surface area contributed by atoms with E-state index in [-0.39, 0.29) is 5.75 Å². The predicted octanol–water partition coefficient (Wildman–Crippen LogP) is 3.58. The minimum Gasteiger partial charge on any atom is -0.478 e. The first-order chi connectivity index (χ1) is 12.5. The monoisotopic (exact) mass is 372 g/mol. The molecule has 5 nitrogen and oxygen atoms in total. The molecule has 0 fully saturated rings. The van der Waals surface area contributed by atoms with E-state index in [1.807, 2.05) is 31.2 Å². The van der Waals surface area contributed by atoms with Crippen LogP contribution >= 0.6 is 11.3 Å². The van der Waals surface area contributed by atoms with E-state index in [1.54, 1.807) is 6.07 Å². The molecule has 134 valence electrons. The molecule has 3 aromatic rings. The molecule has 0 radical (unpaired) electrons. The minimum absolute atomic E-state index is 0.0261. The Hall–Kier alpha value is -2.93. The van der Waals surface area contributed by atoms with Crippen molar-refractivity contribution >= 4 is 33.2 Å². The van der Waals surface area contributed by atoms with Gasteiger partial charge in [-0.3, -0.25) is 20.4 Å². The number of nitrogens with one attached hydrogen (secondary N) is 2. The van der Waals surface area contributed by atoms with Gasteiger partial charge in [0.05, 0.1) is 4.88 Å². The number of rotatable bonds is 4. The molecule has 0 aliphatic carbocycles. The molecule has 2 amide bonds. The first kappa shape index (κ1) is 17.9. The van der Waals surface area contributed by atoms with Crippen LogP contribution in [0, 0.1) is 12.7 Å². The summed E-state index contributed by atoms with van der Waals surface area (Å²) in [6.07, 6.45) is -0.976. The molecule has 0 bridgehead atoms. The minimum atomic E-state index is -0.976. The molecule has 1 aromatic heterocycles. The van der Waals surface area contributed by atoms with Crippen molar-refractivity contribution in [3.05, 3.63) is 64.8 Å². The molecule has 1 heterocycles. The van der Waals surface area contributed by atoms with Crippen LogP contribution in [0.2, 0.25) is 0 Å². The number of carbonyl (C=O) groups excluding carboxylic acids is 2. The average molecular weight is 372 g/mol. The van der Waals surface area contributed by atoms with Gasteiger partial charge < -0.3 is 4.74 Å². The van der Waals surface area contributed by atoms with Crippen molar-refractivity contribution in [3.8, 4) is 5.75 Å². The van der Waals surface area contributed by atoms with E-state index in [1.165, 1.54) is 36.5 Å². The van der Waals surface area contributed by atoms with E-state index in [2.05, 4.69) is 10.9 Å². The molecular formula is C19H17FN2O3S. The number of hydrazine groups is 1. The third-order valence-electron chi connectivity index (χ3n) is 3.86. The van der Waals surface area contributed by atoms with Crippen LogP contribution in [0.4, 0.5) is 4.39 Å². The summed E-state index contributed by atoms with van der Waals surface area (Å²) >= 11 is 1.35. The number of halogens is 1. The lowest BCUT2D eigenvalue weighted by molar-refractivity contribution is -0.128. The zero-order chi connectivity index (χ0) is 18.7. The standard InChI is InChI=1S/C19H17FN2O3S/c1-11-13-7-3-6-10-16(13)26-17(11)19(24)22-21-18(23)12(2)25-15-9-5-4-8-14(15)20/h3-10,12H,1-2H3,(H,21,23)(H,22,24)/t12-/m1/s1. The van der Waals surface area contributed by atoms with Crippen molar-refractivity contribution < 1.29 is 18.7 Å². The van der Waals surface area contributed by atoms with Gasteiger partial charge in [-0.1, -0.05) is 30.3 Å². The van der Waals surface area contributed by atoms with Crippen LogP contribution in [0.1, 0.15) is 22.2 Å². The van der Waals surface area contributed by atoms with Crippen LogP contribution in [0.15, 0.2) is 48.5 Å². The Kier molecular flexibility index (Phi) is 5.18. The number of para-hydroxylation sites is 1. The van der Waals surface area contributed by atoms with Gasteiger partial charge in [0.2, 0.25) is 0 Å². The van der Waals surface area contributed by atoms with E-state index in [0.29, 0.717) is 4.88 Å². The summed E-state index contributed by atoms with van der Waals surface area (Å²) in [5, 5.41) is 1.00. The van der Waals surface area contributed by atoms with Crippen LogP contribution in [0.5, 0.6) is 5.75 Å². The highest BCUT2D eigenvalue weighted by Crippen LogP contribution is 2.30. The van der Waals surface area contributed by atoms with E-state index >= 15 is 0 Å². The summed E-state index contributed by atoms with van der Waals surface area (Å²) in [5.74, 6) is -1.57. The molecule has 3 rings (SSSR count). The highest BCUT2D eigenvalue weighted by molar-refractivity contribution is 7.21. The fourth-order valence-corrected chi connectivity index (χ4v) is 3.56. The average Bonchev–Trinajstić information content (AvgIpc) is 2.98. The second-order valence-electron chi connectivity index (χ2n) is 5.69. The van der Waals surface area contributed by atoms with Crippen LogP contribution < -0.4 is 15.6 Å². The second-order valence-corrected chi connectivity index (χ2v) is 6.74. The lowest BCUT2D eigenvalue weighted by Crippen LogP contribution is -2.47. The van der Waals surface area contributed by atoms with E-state index in [0.717, 1.165) is 15.6 Å². The van der Waals surface area contributed by atoms with Gasteiger partial charge in [0.15, 0.2) is 17.7 Å². The Morgan fingerprint density at radius 1 is 1.08 bits per heavy atom. The fraction of sp³-hybridized carbons (Fsp3) is 0.158. The molecular weight excluding hydrogens is 355 g/mol. The molecule has 0 spiro atoms. The van der Waals surface area contributed by atoms with Crippen LogP contribution in [0.3, 0.4) is 0 Å². The van der Waals surface area contributed by atoms with E-state index in [4.69, 9.17) is 4.74 Å². The van der Waals surface area contributed by atoms with Crippen LogP contribution in [-0.4, -0.2) is 17.9 Å². The number of carbonyl (C=O) groups is 2. The maximum atomic E-state index is 13.6. The summed E-state index contributed by atoms with van der Waals surface area (Å²) in [6, 6.07) is 13.5. The molecule has 1 atom stereocenters. The number of benzene rings is 2. The number of amides is 2. The molecule has 26 heavy (non-hydrogen) atoms. The third-order valence-corrected chi connectivity index (χ3v) is 5.13. The summed E-state index contributed by atoms with van der Waals surface area (Å²) < 4.78 is 19.8. The third kappa shape index (κ3) is 3.67. The van der Waals surface area contributed by atoms with Gasteiger partial charge in [-0.05, 0) is 43.0 Å². The number of aryl methyl sites for hydroxylation is 1. The maximum absolute atomic E-state index is 13.6. The van der Waals surface area contributed by atoms with Gasteiger partial charge in [0, 0.05) is 4.70 Å². The van der Waals surface area contributed by atoms with Crippen molar-refractivity contribution in [2.45, 2.75) is 20.0 Å². The number of hydrogen-bond acceptors (Lipinski definition) is 4. The van der Waals surface area contributed by atoms with Crippen LogP contribution in [-0.2, 0) is 4.79 Å². The van der Waals surface area contributed by atoms with E-state index < -0.39 is 23.7 Å². The number of ether oxygens (including phenoxy) is 1. The molecule has 0 unspecified atom stereocenters. The van der Waals surface area contributed by atoms with Crippen molar-refractivity contribution in [1.29, 1.82) is 0 Å². The number of thiophene rings is 1. The zero-order valence-corrected chi connectivity index (χ0v) is 15.0. The fourth-order valence-electron chi connectivity index (χ4n) is 2.45. The van der Waals surface area contributed by atoms with Gasteiger partial charge in [0.25, 0.3) is 11.8 Å². The highest BCUT2D eigenvalue weighted by atomic mass is 32.1. The Balaban J connectivity index is 1.62. The normalized spacial score (nSPS) is 11.8. The quantitative estimate of drug-likeness (QED) is 0.688. The van der Waals surface area contributed by atoms with Crippen molar-refractivity contribution in [3.63, 3.8) is 0 Å². The van der Waals surface area contributed by atoms with Gasteiger partial charge in [-0.25, -0.2) is 4.39 Å². The molecule has 2 aromatic carbocycles. The van der Waals surface area contributed by atoms with Gasteiger partial charge in [0.1, 0.15) is 0 Å². The Bertz CT molecular complexity index is 970. The van der Waals surface area contributed by atoms with Crippen molar-refractivity contribution in [2.24, 2.45) is 0 Å². The maximum Gasteiger partial charge on any atom is 0.280 e. The second kappa shape index (κ2) is 7.53. The molecule has 0 saturated carbocycles. The zero-order valence-electron chi connectivity index (χ0n) is 14.2. The van der Waals surface area contributed by atoms with Crippen molar-refractivity contribution in [2.75, 3.05) is 0 Å². The van der Waals surface area contributed by atoms with E-state index in [9.17, 15) is 14.0 Å². The summed E-state index contributed by atoms with van der Waals surface area (Å²) in [7, 11) is 0. The van der Waals surface area contributed by atoms with Crippen molar-refractivity contribution in [1.82, 2.24) is 10.9 Å². The van der Waals surface area contributed by atoms with Gasteiger partial charge in [-0.2, -0.15) is 0 Å². The first-order valence-electron chi connectivity index (χ1n) is 7.97. The Morgan fingerprint density at radius 3 is 2.50 bits per heavy atom. The topological polar surface area (TPSA) is 67.4 Å². The first-order valence-corrected chi connectivity index (χ1v) is 8.78. The number of hydrogen-bond donors (Lipinski definition) is 2. The lowest BCUT2D eigenvalue weighted by Gasteiger charge is -2.15. The van der Waals surface area contributed by atoms with Gasteiger partial charge in [-0.15, -0.1) is 11.3 Å². The molecule has 2 N–H and O–H groups in total. The summed E-state index contributed by atoms with van der Waals surface area (Å²) in [5.41, 5.74) is 5.55. The SMILES string of the molecule is Cc1c(C(=O)NNC(=O)[C@@H](C)Oc2ccccc2F)sc2ccccc12. The predicted molar refractivity (Wildman–Crippen MR) is 98.7 cm³/mol. The Morgan fingerprint density at radius 2 is 1.77 bits per heavy atom. The lowest BCUT2D eigenvalue weighted by atomic mass is 10.1. The highest BCUT2D eigenvalue weighted by Gasteiger charge is 2.19.